The molecule has 1 heterocycles. The van der Waals surface area contributed by atoms with Gasteiger partial charge in [0, 0.05) is 17.0 Å². The van der Waals surface area contributed by atoms with Gasteiger partial charge in [-0.1, -0.05) is 48.5 Å². The molecule has 0 saturated heterocycles. The van der Waals surface area contributed by atoms with Crippen LogP contribution in [0.5, 0.6) is 11.5 Å². The highest BCUT2D eigenvalue weighted by atomic mass is 16.5. The van der Waals surface area contributed by atoms with Gasteiger partial charge in [0.25, 0.3) is 5.91 Å². The summed E-state index contributed by atoms with van der Waals surface area (Å²) < 4.78 is 15.9. The van der Waals surface area contributed by atoms with Crippen molar-refractivity contribution in [2.24, 2.45) is 0 Å². The fraction of sp³-hybridized carbons (Fsp3) is 0.103. The lowest BCUT2D eigenvalue weighted by molar-refractivity contribution is -0.129. The number of carbonyl (C=O) groups excluding carboxylic acids is 2. The molecule has 0 bridgehead atoms. The van der Waals surface area contributed by atoms with E-state index in [9.17, 15) is 19.6 Å². The number of amides is 1. The summed E-state index contributed by atoms with van der Waals surface area (Å²) in [5, 5.41) is 12.7. The van der Waals surface area contributed by atoms with Crippen molar-refractivity contribution < 1.29 is 23.5 Å². The first kappa shape index (κ1) is 24.9. The first-order chi connectivity index (χ1) is 17.9. The molecule has 0 radical (unpaired) electrons. The Kier molecular flexibility index (Phi) is 7.45. The smallest absolute Gasteiger partial charge is 0.354 e. The maximum Gasteiger partial charge on any atom is 0.354 e. The highest BCUT2D eigenvalue weighted by molar-refractivity contribution is 6.00. The Labute approximate surface area is 212 Å². The second-order valence-corrected chi connectivity index (χ2v) is 8.05. The van der Waals surface area contributed by atoms with E-state index in [4.69, 9.17) is 13.9 Å². The van der Waals surface area contributed by atoms with Crippen molar-refractivity contribution in [1.29, 1.82) is 5.26 Å². The van der Waals surface area contributed by atoms with Crippen LogP contribution in [0.4, 0.5) is 0 Å². The van der Waals surface area contributed by atoms with Gasteiger partial charge >= 0.3 is 11.6 Å². The van der Waals surface area contributed by atoms with E-state index < -0.39 is 17.5 Å². The number of para-hydroxylation sites is 1. The molecule has 8 nitrogen and oxygen atoms in total. The van der Waals surface area contributed by atoms with E-state index >= 15 is 0 Å². The molecule has 4 rings (SSSR count). The van der Waals surface area contributed by atoms with Crippen LogP contribution < -0.4 is 20.4 Å². The highest BCUT2D eigenvalue weighted by Crippen LogP contribution is 2.24. The molecule has 37 heavy (non-hydrogen) atoms. The third-order valence-electron chi connectivity index (χ3n) is 5.59. The fourth-order valence-electron chi connectivity index (χ4n) is 3.65. The van der Waals surface area contributed by atoms with E-state index in [1.807, 2.05) is 43.3 Å². The first-order valence-electron chi connectivity index (χ1n) is 11.3. The van der Waals surface area contributed by atoms with Gasteiger partial charge in [-0.3, -0.25) is 4.79 Å². The zero-order valence-electron chi connectivity index (χ0n) is 20.1. The molecule has 4 aromatic rings. The van der Waals surface area contributed by atoms with Crippen LogP contribution in [-0.2, 0) is 4.79 Å². The minimum Gasteiger partial charge on any atom is -0.496 e. The standard InChI is InChI=1S/C29H22N2O6/c1-18(19-8-4-3-5-9-19)31-27(32)24-15-21-12-13-23(16-26(21)37-29(24)34)36-28(33)22(17-30)14-20-10-6-7-11-25(20)35-2/h3-16,18H,1-2H3,(H,31,32)/b22-14+. The second-order valence-electron chi connectivity index (χ2n) is 8.05. The number of ether oxygens (including phenoxy) is 2. The molecule has 0 saturated carbocycles. The Morgan fingerprint density at radius 1 is 1.03 bits per heavy atom. The highest BCUT2D eigenvalue weighted by Gasteiger charge is 2.18. The summed E-state index contributed by atoms with van der Waals surface area (Å²) >= 11 is 0. The van der Waals surface area contributed by atoms with Gasteiger partial charge in [0.1, 0.15) is 34.3 Å². The third-order valence-corrected chi connectivity index (χ3v) is 5.59. The van der Waals surface area contributed by atoms with Gasteiger partial charge in [-0.2, -0.15) is 5.26 Å². The zero-order chi connectivity index (χ0) is 26.4. The maximum absolute atomic E-state index is 12.7. The molecule has 1 amide bonds. The predicted octanol–water partition coefficient (Wildman–Crippen LogP) is 4.81. The Morgan fingerprint density at radius 3 is 2.49 bits per heavy atom. The molecule has 1 atom stereocenters. The number of benzene rings is 3. The third kappa shape index (κ3) is 5.74. The molecule has 0 aliphatic carbocycles. The summed E-state index contributed by atoms with van der Waals surface area (Å²) in [5.41, 5.74) is 0.328. The molecule has 0 spiro atoms. The number of esters is 1. The topological polar surface area (TPSA) is 119 Å². The quantitative estimate of drug-likeness (QED) is 0.129. The molecule has 184 valence electrons. The average Bonchev–Trinajstić information content (AvgIpc) is 2.91. The average molecular weight is 495 g/mol. The Hall–Kier alpha value is -5.16. The lowest BCUT2D eigenvalue weighted by atomic mass is 10.1. The number of carbonyl (C=O) groups is 2. The molecule has 1 N–H and O–H groups in total. The van der Waals surface area contributed by atoms with Gasteiger partial charge in [-0.05, 0) is 42.8 Å². The molecule has 0 aliphatic heterocycles. The lowest BCUT2D eigenvalue weighted by Crippen LogP contribution is -2.30. The van der Waals surface area contributed by atoms with Gasteiger partial charge < -0.3 is 19.2 Å². The van der Waals surface area contributed by atoms with Crippen LogP contribution in [0.1, 0.15) is 34.5 Å². The van der Waals surface area contributed by atoms with E-state index in [1.165, 1.54) is 31.4 Å². The fourth-order valence-corrected chi connectivity index (χ4v) is 3.65. The number of rotatable bonds is 7. The predicted molar refractivity (Wildman–Crippen MR) is 137 cm³/mol. The van der Waals surface area contributed by atoms with Crippen LogP contribution in [0.3, 0.4) is 0 Å². The van der Waals surface area contributed by atoms with E-state index in [1.54, 1.807) is 30.3 Å². The van der Waals surface area contributed by atoms with Crippen LogP contribution in [0, 0.1) is 11.3 Å². The van der Waals surface area contributed by atoms with E-state index in [2.05, 4.69) is 5.32 Å². The number of nitriles is 1. The molecular weight excluding hydrogens is 472 g/mol. The normalized spacial score (nSPS) is 11.9. The van der Waals surface area contributed by atoms with Crippen molar-refractivity contribution in [2.75, 3.05) is 7.11 Å². The monoisotopic (exact) mass is 494 g/mol. The van der Waals surface area contributed by atoms with E-state index in [-0.39, 0.29) is 28.5 Å². The van der Waals surface area contributed by atoms with Crippen molar-refractivity contribution in [1.82, 2.24) is 5.32 Å². The van der Waals surface area contributed by atoms with Crippen LogP contribution >= 0.6 is 0 Å². The molecule has 0 fully saturated rings. The van der Waals surface area contributed by atoms with Crippen molar-refractivity contribution in [3.8, 4) is 17.6 Å². The van der Waals surface area contributed by atoms with Gasteiger partial charge in [0.05, 0.1) is 13.2 Å². The largest absolute Gasteiger partial charge is 0.496 e. The summed E-state index contributed by atoms with van der Waals surface area (Å²) in [6, 6.07) is 23.6. The van der Waals surface area contributed by atoms with Crippen molar-refractivity contribution in [3.63, 3.8) is 0 Å². The number of hydrogen-bond donors (Lipinski definition) is 1. The summed E-state index contributed by atoms with van der Waals surface area (Å²) in [5.74, 6) is -0.895. The SMILES string of the molecule is COc1ccccc1/C=C(\C#N)C(=O)Oc1ccc2cc(C(=O)NC(C)c3ccccc3)c(=O)oc2c1. The zero-order valence-corrected chi connectivity index (χ0v) is 20.1. The van der Waals surface area contributed by atoms with Crippen molar-refractivity contribution in [2.45, 2.75) is 13.0 Å². The Balaban J connectivity index is 1.54. The maximum atomic E-state index is 12.7. The van der Waals surface area contributed by atoms with E-state index in [0.717, 1.165) is 5.56 Å². The van der Waals surface area contributed by atoms with Crippen molar-refractivity contribution in [3.05, 3.63) is 112 Å². The number of hydrogen-bond acceptors (Lipinski definition) is 7. The number of methoxy groups -OCH3 is 1. The molecule has 8 heteroatoms. The van der Waals surface area contributed by atoms with Gasteiger partial charge in [-0.25, -0.2) is 9.59 Å². The number of nitrogens with one attached hydrogen (secondary N) is 1. The first-order valence-corrected chi connectivity index (χ1v) is 11.3. The summed E-state index contributed by atoms with van der Waals surface area (Å²) in [7, 11) is 1.48. The summed E-state index contributed by atoms with van der Waals surface area (Å²) in [6.45, 7) is 1.81. The van der Waals surface area contributed by atoms with Crippen LogP contribution in [-0.4, -0.2) is 19.0 Å². The van der Waals surface area contributed by atoms with Gasteiger partial charge in [0.15, 0.2) is 0 Å². The number of nitrogens with zero attached hydrogens (tertiary/aromatic N) is 1. The molecule has 3 aromatic carbocycles. The van der Waals surface area contributed by atoms with E-state index in [0.29, 0.717) is 16.7 Å². The van der Waals surface area contributed by atoms with Crippen LogP contribution in [0.25, 0.3) is 17.0 Å². The molecule has 1 unspecified atom stereocenters. The molecular formula is C29H22N2O6. The van der Waals surface area contributed by atoms with Crippen LogP contribution in [0.15, 0.2) is 93.6 Å². The Bertz CT molecular complexity index is 1600. The summed E-state index contributed by atoms with van der Waals surface area (Å²) in [4.78, 5) is 37.9. The summed E-state index contributed by atoms with van der Waals surface area (Å²) in [6.07, 6.45) is 1.36. The Morgan fingerprint density at radius 2 is 1.76 bits per heavy atom. The second kappa shape index (κ2) is 11.1. The van der Waals surface area contributed by atoms with Crippen molar-refractivity contribution >= 4 is 28.9 Å². The minimum absolute atomic E-state index is 0.0664. The molecule has 1 aromatic heterocycles. The lowest BCUT2D eigenvalue weighted by Gasteiger charge is -2.14. The van der Waals surface area contributed by atoms with Crippen LogP contribution in [0.2, 0.25) is 0 Å². The molecule has 0 aliphatic rings. The minimum atomic E-state index is -0.888. The van der Waals surface area contributed by atoms with Gasteiger partial charge in [-0.15, -0.1) is 0 Å². The van der Waals surface area contributed by atoms with Gasteiger partial charge in [0.2, 0.25) is 0 Å². The number of fused-ring (bicyclic) bond motifs is 1.